The zero-order valence-electron chi connectivity index (χ0n) is 17.5. The highest BCUT2D eigenvalue weighted by Gasteiger charge is 2.15. The molecule has 1 N–H and O–H groups in total. The molecule has 0 saturated carbocycles. The van der Waals surface area contributed by atoms with Crippen molar-refractivity contribution in [2.45, 2.75) is 13.0 Å². The summed E-state index contributed by atoms with van der Waals surface area (Å²) in [4.78, 5) is 22.7. The number of nitrogens with one attached hydrogen (secondary N) is 1. The van der Waals surface area contributed by atoms with E-state index in [1.807, 2.05) is 12.1 Å². The highest BCUT2D eigenvalue weighted by Crippen LogP contribution is 2.37. The standard InChI is InChI=1S/C23H19BrClN3O5/c1-32-21-11-16(10-19(24)23(21)33-14-15-6-8-18(25)9-7-15)13-26-27-22(29)12-17-4-2-3-5-20(17)28(30)31/h2-11,13H,12,14H2,1H3,(H,27,29)/b26-13+. The number of nitro groups is 1. The number of para-hydroxylation sites is 1. The second-order valence-electron chi connectivity index (χ2n) is 6.81. The van der Waals surface area contributed by atoms with Crippen molar-refractivity contribution in [1.29, 1.82) is 0 Å². The molecule has 0 aromatic heterocycles. The van der Waals surface area contributed by atoms with Gasteiger partial charge in [0.2, 0.25) is 5.91 Å². The lowest BCUT2D eigenvalue weighted by molar-refractivity contribution is -0.385. The highest BCUT2D eigenvalue weighted by atomic mass is 79.9. The molecule has 0 fully saturated rings. The average Bonchev–Trinajstić information content (AvgIpc) is 2.79. The smallest absolute Gasteiger partial charge is 0.273 e. The second-order valence-corrected chi connectivity index (χ2v) is 8.10. The maximum absolute atomic E-state index is 12.2. The minimum absolute atomic E-state index is 0.112. The van der Waals surface area contributed by atoms with Gasteiger partial charge in [-0.15, -0.1) is 0 Å². The van der Waals surface area contributed by atoms with Crippen molar-refractivity contribution in [2.24, 2.45) is 5.10 Å². The number of hydrogen-bond donors (Lipinski definition) is 1. The van der Waals surface area contributed by atoms with E-state index in [0.29, 0.717) is 38.7 Å². The number of carbonyl (C=O) groups excluding carboxylic acids is 1. The van der Waals surface area contributed by atoms with E-state index in [4.69, 9.17) is 21.1 Å². The number of nitro benzene ring substituents is 1. The molecular formula is C23H19BrClN3O5. The van der Waals surface area contributed by atoms with E-state index < -0.39 is 10.8 Å². The van der Waals surface area contributed by atoms with Crippen LogP contribution in [-0.2, 0) is 17.8 Å². The summed E-state index contributed by atoms with van der Waals surface area (Å²) >= 11 is 9.38. The number of rotatable bonds is 9. The van der Waals surface area contributed by atoms with Gasteiger partial charge in [0.05, 0.1) is 29.1 Å². The monoisotopic (exact) mass is 531 g/mol. The molecule has 0 heterocycles. The van der Waals surface area contributed by atoms with Crippen LogP contribution in [0.15, 0.2) is 70.2 Å². The number of hydrazone groups is 1. The van der Waals surface area contributed by atoms with E-state index in [1.54, 1.807) is 36.4 Å². The Bertz CT molecular complexity index is 1190. The van der Waals surface area contributed by atoms with Gasteiger partial charge in [0.1, 0.15) is 6.61 Å². The van der Waals surface area contributed by atoms with Crippen molar-refractivity contribution in [3.8, 4) is 11.5 Å². The number of ether oxygens (including phenoxy) is 2. The molecule has 0 bridgehead atoms. The largest absolute Gasteiger partial charge is 0.493 e. The van der Waals surface area contributed by atoms with Crippen molar-refractivity contribution >= 4 is 45.3 Å². The Morgan fingerprint density at radius 3 is 2.64 bits per heavy atom. The normalized spacial score (nSPS) is 10.8. The molecular weight excluding hydrogens is 514 g/mol. The molecule has 3 aromatic carbocycles. The first-order valence-electron chi connectivity index (χ1n) is 9.66. The zero-order valence-corrected chi connectivity index (χ0v) is 19.8. The Morgan fingerprint density at radius 2 is 1.94 bits per heavy atom. The maximum atomic E-state index is 12.2. The van der Waals surface area contributed by atoms with Crippen molar-refractivity contribution < 1.29 is 19.2 Å². The van der Waals surface area contributed by atoms with Crippen LogP contribution in [0.2, 0.25) is 5.02 Å². The first kappa shape index (κ1) is 24.2. The molecule has 0 unspecified atom stereocenters. The van der Waals surface area contributed by atoms with Crippen LogP contribution in [0.1, 0.15) is 16.7 Å². The summed E-state index contributed by atoms with van der Waals surface area (Å²) in [5.41, 5.74) is 4.16. The van der Waals surface area contributed by atoms with Crippen molar-refractivity contribution in [3.63, 3.8) is 0 Å². The molecule has 0 radical (unpaired) electrons. The third kappa shape index (κ3) is 6.77. The number of halogens is 2. The van der Waals surface area contributed by atoms with Gasteiger partial charge in [-0.25, -0.2) is 5.43 Å². The van der Waals surface area contributed by atoms with E-state index >= 15 is 0 Å². The SMILES string of the molecule is COc1cc(/C=N/NC(=O)Cc2ccccc2[N+](=O)[O-])cc(Br)c1OCc1ccc(Cl)cc1. The minimum Gasteiger partial charge on any atom is -0.493 e. The lowest BCUT2D eigenvalue weighted by Gasteiger charge is -2.13. The van der Waals surface area contributed by atoms with Gasteiger partial charge in [0.15, 0.2) is 11.5 Å². The second kappa shape index (κ2) is 11.4. The van der Waals surface area contributed by atoms with Crippen LogP contribution in [0.3, 0.4) is 0 Å². The van der Waals surface area contributed by atoms with Crippen molar-refractivity contribution in [2.75, 3.05) is 7.11 Å². The molecule has 0 aliphatic heterocycles. The summed E-state index contributed by atoms with van der Waals surface area (Å²) in [5.74, 6) is 0.519. The molecule has 3 aromatic rings. The summed E-state index contributed by atoms with van der Waals surface area (Å²) in [6.45, 7) is 0.321. The van der Waals surface area contributed by atoms with Gasteiger partial charge in [-0.2, -0.15) is 5.10 Å². The fourth-order valence-corrected chi connectivity index (χ4v) is 3.62. The number of carbonyl (C=O) groups is 1. The molecule has 0 spiro atoms. The number of nitrogens with zero attached hydrogens (tertiary/aromatic N) is 2. The van der Waals surface area contributed by atoms with Crippen LogP contribution in [0.4, 0.5) is 5.69 Å². The summed E-state index contributed by atoms with van der Waals surface area (Å²) in [5, 5.41) is 15.7. The van der Waals surface area contributed by atoms with Gasteiger partial charge in [-0.1, -0.05) is 41.9 Å². The fourth-order valence-electron chi connectivity index (χ4n) is 2.92. The first-order chi connectivity index (χ1) is 15.9. The van der Waals surface area contributed by atoms with Crippen LogP contribution < -0.4 is 14.9 Å². The topological polar surface area (TPSA) is 103 Å². The Balaban J connectivity index is 1.65. The Labute approximate surface area is 203 Å². The molecule has 33 heavy (non-hydrogen) atoms. The lowest BCUT2D eigenvalue weighted by atomic mass is 10.1. The van der Waals surface area contributed by atoms with Gasteiger partial charge in [-0.3, -0.25) is 14.9 Å². The first-order valence-corrected chi connectivity index (χ1v) is 10.8. The molecule has 8 nitrogen and oxygen atoms in total. The number of benzene rings is 3. The predicted molar refractivity (Wildman–Crippen MR) is 129 cm³/mol. The van der Waals surface area contributed by atoms with E-state index in [2.05, 4.69) is 26.5 Å². The average molecular weight is 533 g/mol. The summed E-state index contributed by atoms with van der Waals surface area (Å²) in [6, 6.07) is 16.9. The third-order valence-electron chi connectivity index (χ3n) is 4.49. The quantitative estimate of drug-likeness (QED) is 0.229. The number of methoxy groups -OCH3 is 1. The molecule has 0 aliphatic carbocycles. The molecule has 0 atom stereocenters. The van der Waals surface area contributed by atoms with Crippen molar-refractivity contribution in [1.82, 2.24) is 5.43 Å². The van der Waals surface area contributed by atoms with Crippen LogP contribution in [0, 0.1) is 10.1 Å². The van der Waals surface area contributed by atoms with Crippen LogP contribution >= 0.6 is 27.5 Å². The maximum Gasteiger partial charge on any atom is 0.273 e. The van der Waals surface area contributed by atoms with E-state index in [1.165, 1.54) is 25.5 Å². The molecule has 1 amide bonds. The molecule has 10 heteroatoms. The molecule has 0 saturated heterocycles. The third-order valence-corrected chi connectivity index (χ3v) is 5.33. The van der Waals surface area contributed by atoms with Crippen LogP contribution in [0.5, 0.6) is 11.5 Å². The number of hydrogen-bond acceptors (Lipinski definition) is 6. The van der Waals surface area contributed by atoms with Gasteiger partial charge < -0.3 is 9.47 Å². The minimum atomic E-state index is -0.522. The van der Waals surface area contributed by atoms with Gasteiger partial charge in [0.25, 0.3) is 5.69 Å². The highest BCUT2D eigenvalue weighted by molar-refractivity contribution is 9.10. The van der Waals surface area contributed by atoms with Crippen LogP contribution in [-0.4, -0.2) is 24.2 Å². The fraction of sp³-hybridized carbons (Fsp3) is 0.130. The summed E-state index contributed by atoms with van der Waals surface area (Å²) in [6.07, 6.45) is 1.27. The van der Waals surface area contributed by atoms with Crippen molar-refractivity contribution in [3.05, 3.63) is 97.0 Å². The molecule has 170 valence electrons. The Morgan fingerprint density at radius 1 is 1.21 bits per heavy atom. The summed E-state index contributed by atoms with van der Waals surface area (Å²) < 4.78 is 12.0. The number of amides is 1. The van der Waals surface area contributed by atoms with Gasteiger partial charge in [-0.05, 0) is 51.3 Å². The Kier molecular flexibility index (Phi) is 8.39. The summed E-state index contributed by atoms with van der Waals surface area (Å²) in [7, 11) is 1.52. The van der Waals surface area contributed by atoms with E-state index in [9.17, 15) is 14.9 Å². The lowest BCUT2D eigenvalue weighted by Crippen LogP contribution is -2.20. The van der Waals surface area contributed by atoms with E-state index in [-0.39, 0.29) is 12.1 Å². The zero-order chi connectivity index (χ0) is 23.8. The van der Waals surface area contributed by atoms with Crippen LogP contribution in [0.25, 0.3) is 0 Å². The van der Waals surface area contributed by atoms with E-state index in [0.717, 1.165) is 5.56 Å². The molecule has 0 aliphatic rings. The van der Waals surface area contributed by atoms with Gasteiger partial charge in [0, 0.05) is 16.7 Å². The Hall–Kier alpha value is -3.43. The van der Waals surface area contributed by atoms with Gasteiger partial charge >= 0.3 is 0 Å². The predicted octanol–water partition coefficient (Wildman–Crippen LogP) is 5.29. The molecule has 3 rings (SSSR count).